The number of unbranched alkanes of at least 4 members (excludes halogenated alkanes) is 1. The highest BCUT2D eigenvalue weighted by Gasteiger charge is 2.34. The number of halogens is 3. The molecule has 248 valence electrons. The van der Waals surface area contributed by atoms with E-state index in [-0.39, 0.29) is 34.5 Å². The summed E-state index contributed by atoms with van der Waals surface area (Å²) in [5, 5.41) is 3.99. The van der Waals surface area contributed by atoms with E-state index in [4.69, 9.17) is 39.5 Å². The Morgan fingerprint density at radius 3 is 2.15 bits per heavy atom. The minimum atomic E-state index is -4.28. The molecule has 1 atom stereocenters. The first-order valence-corrected chi connectivity index (χ1v) is 17.6. The third-order valence-electron chi connectivity index (χ3n) is 7.48. The fraction of sp³-hybridized carbons (Fsp3) is 0.257. The molecule has 0 saturated heterocycles. The number of anilines is 1. The van der Waals surface area contributed by atoms with Crippen molar-refractivity contribution in [2.75, 3.05) is 24.5 Å². The number of benzene rings is 4. The van der Waals surface area contributed by atoms with Crippen LogP contribution in [-0.2, 0) is 32.6 Å². The number of rotatable bonds is 15. The van der Waals surface area contributed by atoms with Gasteiger partial charge < -0.3 is 15.0 Å². The van der Waals surface area contributed by atoms with Crippen molar-refractivity contribution in [3.05, 3.63) is 123 Å². The fourth-order valence-corrected chi connectivity index (χ4v) is 6.77. The molecular weight excluding hydrogens is 681 g/mol. The van der Waals surface area contributed by atoms with Crippen LogP contribution in [0.3, 0.4) is 0 Å². The third-order valence-corrected chi connectivity index (χ3v) is 10.3. The molecule has 1 N–H and O–H groups in total. The van der Waals surface area contributed by atoms with Gasteiger partial charge in [0.25, 0.3) is 10.0 Å². The van der Waals surface area contributed by atoms with Crippen LogP contribution in [0.2, 0.25) is 15.1 Å². The maximum atomic E-state index is 14.5. The van der Waals surface area contributed by atoms with Crippen LogP contribution >= 0.6 is 34.8 Å². The topological polar surface area (TPSA) is 96.0 Å². The number of hydrogen-bond acceptors (Lipinski definition) is 5. The van der Waals surface area contributed by atoms with Crippen LogP contribution in [0.25, 0.3) is 0 Å². The lowest BCUT2D eigenvalue weighted by molar-refractivity contribution is -0.140. The SMILES string of the molecule is CCCCNC(=O)[C@@H](Cc1ccccc1)N(Cc1ccc(Cl)c(Cl)c1)C(=O)CN(c1ccc(Cl)cc1)S(=O)(=O)c1ccc(OC)cc1. The van der Waals surface area contributed by atoms with E-state index in [0.717, 1.165) is 22.7 Å². The summed E-state index contributed by atoms with van der Waals surface area (Å²) in [4.78, 5) is 29.7. The lowest BCUT2D eigenvalue weighted by Gasteiger charge is -2.34. The number of nitrogens with zero attached hydrogens (tertiary/aromatic N) is 2. The molecule has 0 aliphatic carbocycles. The van der Waals surface area contributed by atoms with Gasteiger partial charge in [0, 0.05) is 24.5 Å². The normalized spacial score (nSPS) is 11.9. The van der Waals surface area contributed by atoms with Gasteiger partial charge in [-0.3, -0.25) is 13.9 Å². The van der Waals surface area contributed by atoms with Gasteiger partial charge in [-0.2, -0.15) is 0 Å². The second-order valence-electron chi connectivity index (χ2n) is 10.8. The maximum Gasteiger partial charge on any atom is 0.264 e. The molecule has 4 rings (SSSR count). The first-order chi connectivity index (χ1) is 22.5. The summed E-state index contributed by atoms with van der Waals surface area (Å²) in [5.41, 5.74) is 1.67. The number of sulfonamides is 1. The zero-order valence-corrected chi connectivity index (χ0v) is 29.1. The summed E-state index contributed by atoms with van der Waals surface area (Å²) in [7, 11) is -2.80. The molecule has 0 bridgehead atoms. The summed E-state index contributed by atoms with van der Waals surface area (Å²) in [6.07, 6.45) is 1.82. The van der Waals surface area contributed by atoms with E-state index in [1.54, 1.807) is 30.3 Å². The highest BCUT2D eigenvalue weighted by atomic mass is 35.5. The quantitative estimate of drug-likeness (QED) is 0.129. The second-order valence-corrected chi connectivity index (χ2v) is 13.9. The smallest absolute Gasteiger partial charge is 0.264 e. The van der Waals surface area contributed by atoms with Crippen LogP contribution in [0.15, 0.2) is 102 Å². The molecule has 0 spiro atoms. The molecule has 0 unspecified atom stereocenters. The fourth-order valence-electron chi connectivity index (χ4n) is 4.91. The Hall–Kier alpha value is -3.76. The second kappa shape index (κ2) is 16.9. The molecule has 2 amide bonds. The van der Waals surface area contributed by atoms with E-state index in [0.29, 0.717) is 27.9 Å². The molecule has 4 aromatic rings. The van der Waals surface area contributed by atoms with Crippen molar-refractivity contribution >= 4 is 62.3 Å². The van der Waals surface area contributed by atoms with E-state index < -0.39 is 28.5 Å². The van der Waals surface area contributed by atoms with Crippen molar-refractivity contribution in [3.8, 4) is 5.75 Å². The first kappa shape index (κ1) is 36.1. The third kappa shape index (κ3) is 9.64. The first-order valence-electron chi connectivity index (χ1n) is 15.0. The van der Waals surface area contributed by atoms with Crippen molar-refractivity contribution < 1.29 is 22.7 Å². The molecule has 8 nitrogen and oxygen atoms in total. The van der Waals surface area contributed by atoms with Gasteiger partial charge in [0.1, 0.15) is 18.3 Å². The highest BCUT2D eigenvalue weighted by molar-refractivity contribution is 7.92. The van der Waals surface area contributed by atoms with Gasteiger partial charge in [-0.25, -0.2) is 8.42 Å². The molecule has 4 aromatic carbocycles. The Morgan fingerprint density at radius 2 is 1.53 bits per heavy atom. The van der Waals surface area contributed by atoms with Crippen LogP contribution in [0.1, 0.15) is 30.9 Å². The number of carbonyl (C=O) groups is 2. The summed E-state index contributed by atoms with van der Waals surface area (Å²) in [6, 6.07) is 25.3. The van der Waals surface area contributed by atoms with E-state index in [1.165, 1.54) is 48.4 Å². The summed E-state index contributed by atoms with van der Waals surface area (Å²) in [5.74, 6) is -0.481. The van der Waals surface area contributed by atoms with Gasteiger partial charge in [-0.1, -0.05) is 84.5 Å². The van der Waals surface area contributed by atoms with Crippen molar-refractivity contribution in [2.45, 2.75) is 43.7 Å². The number of carbonyl (C=O) groups excluding carboxylic acids is 2. The Balaban J connectivity index is 1.80. The van der Waals surface area contributed by atoms with Gasteiger partial charge in [-0.05, 0) is 78.2 Å². The lowest BCUT2D eigenvalue weighted by atomic mass is 10.0. The van der Waals surface area contributed by atoms with Gasteiger partial charge in [0.2, 0.25) is 11.8 Å². The van der Waals surface area contributed by atoms with Crippen LogP contribution in [0.4, 0.5) is 5.69 Å². The number of ether oxygens (including phenoxy) is 1. The van der Waals surface area contributed by atoms with Crippen molar-refractivity contribution in [2.24, 2.45) is 0 Å². The predicted molar refractivity (Wildman–Crippen MR) is 188 cm³/mol. The van der Waals surface area contributed by atoms with E-state index in [9.17, 15) is 18.0 Å². The summed E-state index contributed by atoms with van der Waals surface area (Å²) in [6.45, 7) is 1.80. The zero-order chi connectivity index (χ0) is 34.0. The van der Waals surface area contributed by atoms with Crippen molar-refractivity contribution in [1.82, 2.24) is 10.2 Å². The number of nitrogens with one attached hydrogen (secondary N) is 1. The van der Waals surface area contributed by atoms with Crippen LogP contribution in [0, 0.1) is 0 Å². The number of hydrogen-bond donors (Lipinski definition) is 1. The molecule has 0 saturated carbocycles. The van der Waals surface area contributed by atoms with Gasteiger partial charge >= 0.3 is 0 Å². The number of amides is 2. The predicted octanol–water partition coefficient (Wildman–Crippen LogP) is 7.41. The Labute approximate surface area is 291 Å². The molecule has 0 aliphatic heterocycles. The van der Waals surface area contributed by atoms with Crippen LogP contribution in [-0.4, -0.2) is 51.4 Å². The Bertz CT molecular complexity index is 1760. The Kier molecular flexibility index (Phi) is 13.0. The average molecular weight is 717 g/mol. The van der Waals surface area contributed by atoms with Gasteiger partial charge in [0.15, 0.2) is 0 Å². The van der Waals surface area contributed by atoms with Gasteiger partial charge in [0.05, 0.1) is 27.7 Å². The monoisotopic (exact) mass is 715 g/mol. The zero-order valence-electron chi connectivity index (χ0n) is 26.0. The lowest BCUT2D eigenvalue weighted by Crippen LogP contribution is -2.53. The summed E-state index contributed by atoms with van der Waals surface area (Å²) < 4.78 is 34.5. The molecule has 47 heavy (non-hydrogen) atoms. The van der Waals surface area contributed by atoms with Crippen LogP contribution < -0.4 is 14.4 Å². The van der Waals surface area contributed by atoms with E-state index in [1.807, 2.05) is 37.3 Å². The number of methoxy groups -OCH3 is 1. The largest absolute Gasteiger partial charge is 0.497 e. The average Bonchev–Trinajstić information content (AvgIpc) is 3.07. The standard InChI is InChI=1S/C35H36Cl3N3O5S/c1-3-4-20-39-35(43)33(22-25-8-6-5-7-9-25)40(23-26-10-19-31(37)32(38)21-26)34(42)24-41(28-13-11-27(36)12-14-28)47(44,45)30-17-15-29(46-2)16-18-30/h5-19,21,33H,3-4,20,22-24H2,1-2H3,(H,39,43)/t33-/m1/s1. The summed E-state index contributed by atoms with van der Waals surface area (Å²) >= 11 is 18.7. The van der Waals surface area contributed by atoms with E-state index >= 15 is 0 Å². The molecule has 0 heterocycles. The maximum absolute atomic E-state index is 14.5. The minimum absolute atomic E-state index is 0.0362. The molecule has 0 radical (unpaired) electrons. The molecular formula is C35H36Cl3N3O5S. The van der Waals surface area contributed by atoms with Gasteiger partial charge in [-0.15, -0.1) is 0 Å². The Morgan fingerprint density at radius 1 is 0.851 bits per heavy atom. The molecule has 12 heteroatoms. The highest BCUT2D eigenvalue weighted by Crippen LogP contribution is 2.28. The van der Waals surface area contributed by atoms with Crippen LogP contribution in [0.5, 0.6) is 5.75 Å². The minimum Gasteiger partial charge on any atom is -0.497 e. The molecule has 0 aromatic heterocycles. The molecule has 0 fully saturated rings. The van der Waals surface area contributed by atoms with Crippen molar-refractivity contribution in [1.29, 1.82) is 0 Å². The van der Waals surface area contributed by atoms with Crippen molar-refractivity contribution in [3.63, 3.8) is 0 Å². The van der Waals surface area contributed by atoms with E-state index in [2.05, 4.69) is 5.32 Å². The molecule has 0 aliphatic rings.